The molecule has 2 aliphatic rings. The minimum atomic E-state index is 0.555. The van der Waals surface area contributed by atoms with Gasteiger partial charge in [-0.2, -0.15) is 0 Å². The van der Waals surface area contributed by atoms with Gasteiger partial charge in [-0.05, 0) is 67.8 Å². The van der Waals surface area contributed by atoms with Crippen molar-refractivity contribution >= 4 is 0 Å². The van der Waals surface area contributed by atoms with Gasteiger partial charge in [0.1, 0.15) is 0 Å². The fraction of sp³-hybridized carbons (Fsp3) is 0.700. The second kappa shape index (κ2) is 7.27. The smallest absolute Gasteiger partial charge is 0.204 e. The predicted octanol–water partition coefficient (Wildman–Crippen LogP) is 4.95. The van der Waals surface area contributed by atoms with Crippen LogP contribution in [-0.2, 0) is 0 Å². The molecular weight excluding hydrogens is 268 g/mol. The van der Waals surface area contributed by atoms with Gasteiger partial charge in [-0.3, -0.25) is 0 Å². The maximum Gasteiger partial charge on any atom is 0.204 e. The fourth-order valence-corrected chi connectivity index (χ4v) is 3.78. The molecule has 0 aromatic carbocycles. The van der Waals surface area contributed by atoms with Crippen LogP contribution in [0.1, 0.15) is 82.5 Å². The lowest BCUT2D eigenvalue weighted by atomic mass is 9.80. The first kappa shape index (κ1) is 15.5. The Balaban J connectivity index is 1.58. The SMILES string of the molecule is CC1CCC(C#Cc2ncc(C3CCC(C)CC3)cn2)CC1. The zero-order valence-corrected chi connectivity index (χ0v) is 14.0. The molecule has 3 rings (SSSR count). The molecule has 2 heteroatoms. The summed E-state index contributed by atoms with van der Waals surface area (Å²) in [5.41, 5.74) is 1.31. The summed E-state index contributed by atoms with van der Waals surface area (Å²) in [6, 6.07) is 0. The van der Waals surface area contributed by atoms with Crippen molar-refractivity contribution in [2.45, 2.75) is 71.1 Å². The quantitative estimate of drug-likeness (QED) is 0.685. The van der Waals surface area contributed by atoms with Gasteiger partial charge in [0, 0.05) is 18.3 Å². The number of rotatable bonds is 1. The zero-order valence-electron chi connectivity index (χ0n) is 14.0. The first-order chi connectivity index (χ1) is 10.7. The van der Waals surface area contributed by atoms with E-state index >= 15 is 0 Å². The standard InChI is InChI=1S/C20H28N2/c1-15-3-7-17(8-4-15)9-12-20-21-13-19(14-22-20)18-10-5-16(2)6-11-18/h13-18H,3-8,10-11H2,1-2H3. The van der Waals surface area contributed by atoms with E-state index in [1.54, 1.807) is 0 Å². The third kappa shape index (κ3) is 4.09. The summed E-state index contributed by atoms with van der Waals surface area (Å²) in [5.74, 6) is 10.3. The number of aromatic nitrogens is 2. The molecule has 0 spiro atoms. The lowest BCUT2D eigenvalue weighted by Gasteiger charge is -2.25. The van der Waals surface area contributed by atoms with Crippen molar-refractivity contribution < 1.29 is 0 Å². The van der Waals surface area contributed by atoms with Gasteiger partial charge in [-0.25, -0.2) is 9.97 Å². The first-order valence-electron chi connectivity index (χ1n) is 9.04. The minimum Gasteiger partial charge on any atom is -0.229 e. The van der Waals surface area contributed by atoms with Crippen LogP contribution in [0.3, 0.4) is 0 Å². The van der Waals surface area contributed by atoms with Gasteiger partial charge in [-0.15, -0.1) is 0 Å². The Morgan fingerprint density at radius 2 is 1.36 bits per heavy atom. The highest BCUT2D eigenvalue weighted by Crippen LogP contribution is 2.34. The Morgan fingerprint density at radius 1 is 0.818 bits per heavy atom. The molecule has 0 atom stereocenters. The molecule has 0 N–H and O–H groups in total. The number of nitrogens with zero attached hydrogens (tertiary/aromatic N) is 2. The second-order valence-corrected chi connectivity index (χ2v) is 7.52. The average Bonchev–Trinajstić information content (AvgIpc) is 2.56. The van der Waals surface area contributed by atoms with E-state index in [0.29, 0.717) is 17.7 Å². The molecule has 0 bridgehead atoms. The van der Waals surface area contributed by atoms with Crippen molar-refractivity contribution in [3.05, 3.63) is 23.8 Å². The van der Waals surface area contributed by atoms with E-state index in [2.05, 4.69) is 35.7 Å². The van der Waals surface area contributed by atoms with Crippen LogP contribution in [0.4, 0.5) is 0 Å². The Labute approximate surface area is 135 Å². The molecular formula is C20H28N2. The van der Waals surface area contributed by atoms with Crippen LogP contribution in [0, 0.1) is 29.6 Å². The highest BCUT2D eigenvalue weighted by Gasteiger charge is 2.20. The van der Waals surface area contributed by atoms with Gasteiger partial charge >= 0.3 is 0 Å². The Kier molecular flexibility index (Phi) is 5.13. The van der Waals surface area contributed by atoms with E-state index < -0.39 is 0 Å². The third-order valence-corrected chi connectivity index (χ3v) is 5.56. The van der Waals surface area contributed by atoms with Crippen molar-refractivity contribution in [3.63, 3.8) is 0 Å². The van der Waals surface area contributed by atoms with E-state index in [-0.39, 0.29) is 0 Å². The van der Waals surface area contributed by atoms with Crippen LogP contribution in [-0.4, -0.2) is 9.97 Å². The van der Waals surface area contributed by atoms with Crippen LogP contribution in [0.2, 0.25) is 0 Å². The molecule has 0 amide bonds. The monoisotopic (exact) mass is 296 g/mol. The van der Waals surface area contributed by atoms with Crippen molar-refractivity contribution in [3.8, 4) is 11.8 Å². The summed E-state index contributed by atoms with van der Waals surface area (Å²) in [5, 5.41) is 0. The van der Waals surface area contributed by atoms with E-state index in [1.165, 1.54) is 56.9 Å². The number of hydrogen-bond donors (Lipinski definition) is 0. The van der Waals surface area contributed by atoms with E-state index in [0.717, 1.165) is 11.8 Å². The molecule has 0 aliphatic heterocycles. The lowest BCUT2D eigenvalue weighted by Crippen LogP contribution is -2.11. The highest BCUT2D eigenvalue weighted by molar-refractivity contribution is 5.24. The van der Waals surface area contributed by atoms with Crippen LogP contribution in [0.15, 0.2) is 12.4 Å². The molecule has 1 aromatic rings. The number of hydrogen-bond acceptors (Lipinski definition) is 2. The van der Waals surface area contributed by atoms with Gasteiger partial charge < -0.3 is 0 Å². The molecule has 0 unspecified atom stereocenters. The summed E-state index contributed by atoms with van der Waals surface area (Å²) in [7, 11) is 0. The molecule has 2 saturated carbocycles. The topological polar surface area (TPSA) is 25.8 Å². The van der Waals surface area contributed by atoms with E-state index in [4.69, 9.17) is 0 Å². The maximum atomic E-state index is 4.49. The highest BCUT2D eigenvalue weighted by atomic mass is 14.8. The summed E-state index contributed by atoms with van der Waals surface area (Å²) in [6.45, 7) is 4.70. The molecule has 1 aromatic heterocycles. The van der Waals surface area contributed by atoms with Crippen molar-refractivity contribution in [2.24, 2.45) is 17.8 Å². The fourth-order valence-electron chi connectivity index (χ4n) is 3.78. The molecule has 0 saturated heterocycles. The predicted molar refractivity (Wildman–Crippen MR) is 90.4 cm³/mol. The van der Waals surface area contributed by atoms with Crippen molar-refractivity contribution in [1.82, 2.24) is 9.97 Å². The Morgan fingerprint density at radius 3 is 1.95 bits per heavy atom. The van der Waals surface area contributed by atoms with Crippen LogP contribution >= 0.6 is 0 Å². The maximum absolute atomic E-state index is 4.49. The van der Waals surface area contributed by atoms with Crippen molar-refractivity contribution in [1.29, 1.82) is 0 Å². The van der Waals surface area contributed by atoms with Gasteiger partial charge in [0.2, 0.25) is 5.82 Å². The summed E-state index contributed by atoms with van der Waals surface area (Å²) in [4.78, 5) is 8.98. The third-order valence-electron chi connectivity index (χ3n) is 5.56. The average molecular weight is 296 g/mol. The molecule has 0 radical (unpaired) electrons. The van der Waals surface area contributed by atoms with Gasteiger partial charge in [0.15, 0.2) is 0 Å². The lowest BCUT2D eigenvalue weighted by molar-refractivity contribution is 0.337. The molecule has 22 heavy (non-hydrogen) atoms. The molecule has 2 nitrogen and oxygen atoms in total. The van der Waals surface area contributed by atoms with Crippen molar-refractivity contribution in [2.75, 3.05) is 0 Å². The Bertz CT molecular complexity index is 521. The molecule has 2 fully saturated rings. The molecule has 2 aliphatic carbocycles. The van der Waals surface area contributed by atoms with E-state index in [1.807, 2.05) is 12.4 Å². The van der Waals surface area contributed by atoms with Crippen LogP contribution < -0.4 is 0 Å². The Hall–Kier alpha value is -1.36. The van der Waals surface area contributed by atoms with E-state index in [9.17, 15) is 0 Å². The first-order valence-corrected chi connectivity index (χ1v) is 9.04. The second-order valence-electron chi connectivity index (χ2n) is 7.52. The zero-order chi connectivity index (χ0) is 15.4. The molecule has 118 valence electrons. The molecule has 1 heterocycles. The van der Waals surface area contributed by atoms with Crippen LogP contribution in [0.5, 0.6) is 0 Å². The van der Waals surface area contributed by atoms with Gasteiger partial charge in [0.05, 0.1) is 0 Å². The summed E-state index contributed by atoms with van der Waals surface area (Å²) in [6.07, 6.45) is 14.4. The normalized spacial score (nSPS) is 32.1. The van der Waals surface area contributed by atoms with Gasteiger partial charge in [0.25, 0.3) is 0 Å². The van der Waals surface area contributed by atoms with Crippen LogP contribution in [0.25, 0.3) is 0 Å². The minimum absolute atomic E-state index is 0.555. The largest absolute Gasteiger partial charge is 0.229 e. The van der Waals surface area contributed by atoms with Gasteiger partial charge in [-0.1, -0.05) is 32.6 Å². The summed E-state index contributed by atoms with van der Waals surface area (Å²) < 4.78 is 0. The summed E-state index contributed by atoms with van der Waals surface area (Å²) >= 11 is 0.